The number of anilines is 1. The fraction of sp³-hybridized carbons (Fsp3) is 0.320. The van der Waals surface area contributed by atoms with E-state index in [4.69, 9.17) is 21.7 Å². The number of rotatable bonds is 7. The summed E-state index contributed by atoms with van der Waals surface area (Å²) in [5.74, 6) is -0.607. The van der Waals surface area contributed by atoms with Crippen molar-refractivity contribution in [2.45, 2.75) is 19.8 Å². The van der Waals surface area contributed by atoms with Gasteiger partial charge in [0, 0.05) is 62.2 Å². The van der Waals surface area contributed by atoms with Gasteiger partial charge in [-0.15, -0.1) is 0 Å². The van der Waals surface area contributed by atoms with Gasteiger partial charge in [0.15, 0.2) is 0 Å². The lowest BCUT2D eigenvalue weighted by molar-refractivity contribution is -0.137. The lowest BCUT2D eigenvalue weighted by Gasteiger charge is -2.34. The van der Waals surface area contributed by atoms with Gasteiger partial charge >= 0.3 is 5.97 Å². The molecule has 1 fully saturated rings. The first-order valence-electron chi connectivity index (χ1n) is 11.4. The van der Waals surface area contributed by atoms with Crippen LogP contribution in [0.4, 0.5) is 5.82 Å². The molecular weight excluding hydrogens is 470 g/mol. The van der Waals surface area contributed by atoms with Gasteiger partial charge in [-0.25, -0.2) is 9.97 Å². The van der Waals surface area contributed by atoms with Gasteiger partial charge in [0.1, 0.15) is 5.82 Å². The molecule has 10 heteroatoms. The van der Waals surface area contributed by atoms with E-state index in [-0.39, 0.29) is 18.2 Å². The number of carbonyl (C=O) groups excluding carboxylic acids is 2. The van der Waals surface area contributed by atoms with E-state index >= 15 is 0 Å². The maximum Gasteiger partial charge on any atom is 0.303 e. The number of hydrogen-bond acceptors (Lipinski definition) is 6. The highest BCUT2D eigenvalue weighted by atomic mass is 35.5. The third-order valence-corrected chi connectivity index (χ3v) is 6.21. The number of fused-ring (bicyclic) bond motifs is 1. The molecule has 1 aliphatic rings. The number of pyridine rings is 2. The van der Waals surface area contributed by atoms with Crippen molar-refractivity contribution in [2.24, 2.45) is 0 Å². The van der Waals surface area contributed by atoms with Crippen LogP contribution in [0.15, 0.2) is 42.6 Å². The average molecular weight is 496 g/mol. The number of nitrogens with one attached hydrogen (secondary N) is 1. The van der Waals surface area contributed by atoms with Gasteiger partial charge in [0.25, 0.3) is 5.91 Å². The van der Waals surface area contributed by atoms with Crippen molar-refractivity contribution in [3.63, 3.8) is 0 Å². The first-order valence-corrected chi connectivity index (χ1v) is 11.8. The number of benzene rings is 1. The molecule has 1 saturated heterocycles. The number of halogens is 1. The molecule has 0 radical (unpaired) electrons. The number of hydrogen-bond donors (Lipinski definition) is 2. The van der Waals surface area contributed by atoms with E-state index in [0.717, 1.165) is 17.5 Å². The number of piperazine rings is 1. The van der Waals surface area contributed by atoms with Gasteiger partial charge in [-0.1, -0.05) is 17.7 Å². The highest BCUT2D eigenvalue weighted by molar-refractivity contribution is 6.35. The summed E-state index contributed by atoms with van der Waals surface area (Å²) in [6.45, 7) is 4.75. The largest absolute Gasteiger partial charge is 0.481 e. The van der Waals surface area contributed by atoms with E-state index in [1.807, 2.05) is 11.0 Å². The number of amides is 2. The Morgan fingerprint density at radius 1 is 1.09 bits per heavy atom. The number of carbonyl (C=O) groups is 3. The molecule has 35 heavy (non-hydrogen) atoms. The molecule has 1 aromatic carbocycles. The van der Waals surface area contributed by atoms with Gasteiger partial charge in [0.2, 0.25) is 5.91 Å². The summed E-state index contributed by atoms with van der Waals surface area (Å²) in [4.78, 5) is 48.0. The minimum Gasteiger partial charge on any atom is -0.481 e. The van der Waals surface area contributed by atoms with E-state index in [2.05, 4.69) is 15.2 Å². The van der Waals surface area contributed by atoms with Gasteiger partial charge in [0.05, 0.1) is 16.2 Å². The van der Waals surface area contributed by atoms with Crippen molar-refractivity contribution in [2.75, 3.05) is 38.0 Å². The first-order chi connectivity index (χ1) is 16.8. The third-order valence-electron chi connectivity index (χ3n) is 5.89. The van der Waals surface area contributed by atoms with Crippen LogP contribution >= 0.6 is 11.6 Å². The van der Waals surface area contributed by atoms with Crippen LogP contribution in [0.3, 0.4) is 0 Å². The van der Waals surface area contributed by atoms with Crippen LogP contribution in [0.1, 0.15) is 30.1 Å². The Hall–Kier alpha value is -3.56. The Morgan fingerprint density at radius 3 is 2.51 bits per heavy atom. The molecule has 4 rings (SSSR count). The van der Waals surface area contributed by atoms with Gasteiger partial charge in [-0.2, -0.15) is 0 Å². The molecule has 9 nitrogen and oxygen atoms in total. The molecule has 1 aliphatic heterocycles. The summed E-state index contributed by atoms with van der Waals surface area (Å²) < 4.78 is 0. The predicted octanol–water partition coefficient (Wildman–Crippen LogP) is 3.53. The summed E-state index contributed by atoms with van der Waals surface area (Å²) in [5, 5.41) is 12.7. The maximum atomic E-state index is 13.1. The Bertz CT molecular complexity index is 1260. The second-order valence-corrected chi connectivity index (χ2v) is 8.87. The average Bonchev–Trinajstić information content (AvgIpc) is 2.83. The van der Waals surface area contributed by atoms with Crippen LogP contribution in [-0.2, 0) is 9.59 Å². The number of carboxylic acid groups (broad SMARTS) is 1. The van der Waals surface area contributed by atoms with E-state index in [1.54, 1.807) is 36.5 Å². The Labute approximate surface area is 207 Å². The molecule has 0 spiro atoms. The van der Waals surface area contributed by atoms with Gasteiger partial charge in [-0.3, -0.25) is 19.3 Å². The van der Waals surface area contributed by atoms with Crippen LogP contribution in [0.2, 0.25) is 5.02 Å². The number of aliphatic carboxylic acids is 1. The monoisotopic (exact) mass is 495 g/mol. The zero-order valence-corrected chi connectivity index (χ0v) is 20.1. The summed E-state index contributed by atoms with van der Waals surface area (Å²) in [7, 11) is 0. The van der Waals surface area contributed by atoms with Crippen LogP contribution in [0, 0.1) is 0 Å². The molecule has 2 amide bonds. The highest BCUT2D eigenvalue weighted by Crippen LogP contribution is 2.29. The van der Waals surface area contributed by atoms with Crippen LogP contribution in [-0.4, -0.2) is 75.4 Å². The molecule has 0 unspecified atom stereocenters. The van der Waals surface area contributed by atoms with Gasteiger partial charge < -0.3 is 15.3 Å². The minimum atomic E-state index is -0.787. The number of aromatic nitrogens is 2. The molecular formula is C25H26ClN5O4. The fourth-order valence-corrected chi connectivity index (χ4v) is 4.34. The van der Waals surface area contributed by atoms with E-state index in [0.29, 0.717) is 60.2 Å². The quantitative estimate of drug-likeness (QED) is 0.515. The summed E-state index contributed by atoms with van der Waals surface area (Å²) in [5.41, 5.74) is 2.50. The summed E-state index contributed by atoms with van der Waals surface area (Å²) >= 11 is 6.52. The van der Waals surface area contributed by atoms with Crippen LogP contribution < -0.4 is 5.32 Å². The molecule has 2 aromatic heterocycles. The summed E-state index contributed by atoms with van der Waals surface area (Å²) in [6, 6.07) is 10.6. The molecule has 0 aliphatic carbocycles. The zero-order valence-electron chi connectivity index (χ0n) is 19.3. The Balaban J connectivity index is 1.48. The standard InChI is InChI=1S/C25H26ClN5O4/c1-16(32)28-23-7-5-18(15-27-23)21-14-20(26)19-6-4-17(13-22(19)29-21)25(35)31-11-9-30(10-12-31)8-2-3-24(33)34/h4-7,13-15H,2-3,8-12H2,1H3,(H,33,34)(H,27,28,32). The van der Waals surface area contributed by atoms with Crippen molar-refractivity contribution in [1.82, 2.24) is 19.8 Å². The summed E-state index contributed by atoms with van der Waals surface area (Å²) in [6.07, 6.45) is 2.37. The molecule has 0 bridgehead atoms. The molecule has 2 N–H and O–H groups in total. The molecule has 0 atom stereocenters. The minimum absolute atomic E-state index is 0.0678. The third kappa shape index (κ3) is 6.12. The lowest BCUT2D eigenvalue weighted by Crippen LogP contribution is -2.48. The topological polar surface area (TPSA) is 116 Å². The second kappa shape index (κ2) is 10.8. The smallest absolute Gasteiger partial charge is 0.303 e. The van der Waals surface area contributed by atoms with E-state index < -0.39 is 5.97 Å². The lowest BCUT2D eigenvalue weighted by atomic mass is 10.1. The molecule has 3 heterocycles. The van der Waals surface area contributed by atoms with Crippen molar-refractivity contribution < 1.29 is 19.5 Å². The van der Waals surface area contributed by atoms with Crippen LogP contribution in [0.25, 0.3) is 22.2 Å². The molecule has 3 aromatic rings. The van der Waals surface area contributed by atoms with Crippen molar-refractivity contribution >= 4 is 46.1 Å². The van der Waals surface area contributed by atoms with E-state index in [1.165, 1.54) is 6.92 Å². The zero-order chi connectivity index (χ0) is 24.9. The van der Waals surface area contributed by atoms with Gasteiger partial charge in [-0.05, 0) is 43.3 Å². The fourth-order valence-electron chi connectivity index (χ4n) is 4.08. The normalized spacial score (nSPS) is 14.2. The van der Waals surface area contributed by atoms with Crippen molar-refractivity contribution in [1.29, 1.82) is 0 Å². The predicted molar refractivity (Wildman–Crippen MR) is 134 cm³/mol. The SMILES string of the molecule is CC(=O)Nc1ccc(-c2cc(Cl)c3ccc(C(=O)N4CCN(CCCC(=O)O)CC4)cc3n2)cn1. The van der Waals surface area contributed by atoms with Crippen molar-refractivity contribution in [3.8, 4) is 11.3 Å². The molecule has 182 valence electrons. The highest BCUT2D eigenvalue weighted by Gasteiger charge is 2.22. The molecule has 0 saturated carbocycles. The number of carboxylic acids is 1. The second-order valence-electron chi connectivity index (χ2n) is 8.47. The van der Waals surface area contributed by atoms with Crippen molar-refractivity contribution in [3.05, 3.63) is 53.2 Å². The van der Waals surface area contributed by atoms with E-state index in [9.17, 15) is 14.4 Å². The number of nitrogens with zero attached hydrogens (tertiary/aromatic N) is 4. The van der Waals surface area contributed by atoms with Crippen LogP contribution in [0.5, 0.6) is 0 Å². The first kappa shape index (κ1) is 24.6. The Morgan fingerprint density at radius 2 is 1.86 bits per heavy atom. The Kier molecular flexibility index (Phi) is 7.57. The maximum absolute atomic E-state index is 13.1.